The number of nitrogens with two attached hydrogens (primary N) is 1. The highest BCUT2D eigenvalue weighted by Gasteiger charge is 2.33. The number of carbonyl (C=O) groups excluding carboxylic acids is 1. The molecule has 8 atom stereocenters. The summed E-state index contributed by atoms with van der Waals surface area (Å²) in [6.07, 6.45) is 10.9. The van der Waals surface area contributed by atoms with Crippen LogP contribution in [-0.2, 0) is 11.2 Å². The minimum absolute atomic E-state index is 0.0404. The van der Waals surface area contributed by atoms with E-state index in [1.54, 1.807) is 24.3 Å². The van der Waals surface area contributed by atoms with Gasteiger partial charge in [0, 0.05) is 23.7 Å². The predicted octanol–water partition coefficient (Wildman–Crippen LogP) is 6.76. The van der Waals surface area contributed by atoms with Crippen molar-refractivity contribution in [2.45, 2.75) is 79.1 Å². The number of hydrogen-bond donors (Lipinski definition) is 3. The smallest absolute Gasteiger partial charge is 0.404 e. The highest BCUT2D eigenvalue weighted by Crippen LogP contribution is 2.29. The van der Waals surface area contributed by atoms with Gasteiger partial charge in [-0.1, -0.05) is 95.4 Å². The molecule has 212 valence electrons. The summed E-state index contributed by atoms with van der Waals surface area (Å²) < 4.78 is 18.7. The highest BCUT2D eigenvalue weighted by molar-refractivity contribution is 5.64. The second-order valence-electron chi connectivity index (χ2n) is 10.7. The van der Waals surface area contributed by atoms with Gasteiger partial charge in [0.15, 0.2) is 0 Å². The zero-order valence-corrected chi connectivity index (χ0v) is 23.9. The van der Waals surface area contributed by atoms with Crippen LogP contribution in [0.15, 0.2) is 72.9 Å². The van der Waals surface area contributed by atoms with Crippen molar-refractivity contribution in [1.82, 2.24) is 0 Å². The van der Waals surface area contributed by atoms with Gasteiger partial charge < -0.3 is 20.7 Å². The maximum atomic E-state index is 13.3. The number of halogens is 1. The van der Waals surface area contributed by atoms with Crippen molar-refractivity contribution in [2.75, 3.05) is 0 Å². The van der Waals surface area contributed by atoms with Gasteiger partial charge in [0.1, 0.15) is 11.9 Å². The minimum atomic E-state index is -0.864. The Balaban J connectivity index is 2.70. The van der Waals surface area contributed by atoms with E-state index in [4.69, 9.17) is 10.5 Å². The number of benzene rings is 1. The van der Waals surface area contributed by atoms with Gasteiger partial charge >= 0.3 is 6.09 Å². The molecule has 0 aliphatic carbocycles. The van der Waals surface area contributed by atoms with Crippen LogP contribution in [0.1, 0.15) is 59.9 Å². The number of ether oxygens (including phenoxy) is 1. The number of allylic oxidation sites excluding steroid dienone is 4. The standard InChI is InChI=1S/C32H48FNO4/c1-8-9-13-23(4)31(38-32(34)37)26(7)30(36)25(6)19-21(2)18-24(5)29(35)22(3)14-10-11-15-27-16-12-17-28(33)20-27/h8-10,12-14,16-18,20,22-26,29-31,35-36H,1,11,15,19H2,2-7H3,(H2,34,37)/b13-9-,14-10-,21-18-/t22-,23-,24-,25-,26-,29-,30+,31-/m0/s1. The predicted molar refractivity (Wildman–Crippen MR) is 154 cm³/mol. The van der Waals surface area contributed by atoms with Gasteiger partial charge in [-0.25, -0.2) is 9.18 Å². The van der Waals surface area contributed by atoms with E-state index in [9.17, 15) is 19.4 Å². The summed E-state index contributed by atoms with van der Waals surface area (Å²) in [5.41, 5.74) is 7.32. The first-order valence-electron chi connectivity index (χ1n) is 13.6. The topological polar surface area (TPSA) is 92.8 Å². The van der Waals surface area contributed by atoms with E-state index in [2.05, 4.69) is 12.7 Å². The average molecular weight is 530 g/mol. The lowest BCUT2D eigenvalue weighted by molar-refractivity contribution is -0.0266. The van der Waals surface area contributed by atoms with Crippen LogP contribution in [0.5, 0.6) is 0 Å². The third-order valence-corrected chi connectivity index (χ3v) is 7.16. The van der Waals surface area contributed by atoms with Crippen LogP contribution in [0, 0.1) is 35.4 Å². The fraction of sp³-hybridized carbons (Fsp3) is 0.531. The Morgan fingerprint density at radius 3 is 2.37 bits per heavy atom. The molecule has 0 saturated heterocycles. The van der Waals surface area contributed by atoms with Crippen LogP contribution in [0.3, 0.4) is 0 Å². The van der Waals surface area contributed by atoms with Gasteiger partial charge in [0.2, 0.25) is 0 Å². The first-order chi connectivity index (χ1) is 17.9. The van der Waals surface area contributed by atoms with E-state index < -0.39 is 24.4 Å². The number of hydrogen-bond acceptors (Lipinski definition) is 4. The Kier molecular flexibility index (Phi) is 14.9. The molecule has 0 radical (unpaired) electrons. The maximum absolute atomic E-state index is 13.3. The number of aliphatic hydroxyl groups excluding tert-OH is 2. The normalized spacial score (nSPS) is 18.9. The number of rotatable bonds is 16. The van der Waals surface area contributed by atoms with Crippen molar-refractivity contribution in [3.8, 4) is 0 Å². The molecule has 5 nitrogen and oxygen atoms in total. The van der Waals surface area contributed by atoms with E-state index in [0.29, 0.717) is 6.42 Å². The Morgan fingerprint density at radius 1 is 1.08 bits per heavy atom. The Morgan fingerprint density at radius 2 is 1.76 bits per heavy atom. The van der Waals surface area contributed by atoms with Gasteiger partial charge in [-0.3, -0.25) is 0 Å². The van der Waals surface area contributed by atoms with Crippen molar-refractivity contribution in [3.05, 3.63) is 84.3 Å². The third kappa shape index (κ3) is 11.8. The number of amides is 1. The quantitative estimate of drug-likeness (QED) is 0.163. The van der Waals surface area contributed by atoms with Crippen LogP contribution < -0.4 is 5.73 Å². The summed E-state index contributed by atoms with van der Waals surface area (Å²) in [5, 5.41) is 21.9. The monoisotopic (exact) mass is 529 g/mol. The Labute approximate surface area is 229 Å². The van der Waals surface area contributed by atoms with Crippen LogP contribution in [-0.4, -0.2) is 34.6 Å². The van der Waals surface area contributed by atoms with Crippen LogP contribution in [0.2, 0.25) is 0 Å². The van der Waals surface area contributed by atoms with E-state index in [0.717, 1.165) is 24.0 Å². The molecule has 0 spiro atoms. The SMILES string of the molecule is C=C/C=C\[C@H](C)[C@H](OC(N)=O)[C@@H](C)[C@H](O)[C@@H](C)C/C(C)=C\[C@H](C)[C@@H](O)[C@@H](C)/C=C\CCc1cccc(F)c1. The molecule has 6 heteroatoms. The number of aryl methyl sites for hydroxylation is 1. The lowest BCUT2D eigenvalue weighted by Gasteiger charge is -2.33. The fourth-order valence-corrected chi connectivity index (χ4v) is 4.99. The average Bonchev–Trinajstić information content (AvgIpc) is 2.86. The molecule has 0 aliphatic rings. The molecule has 0 aromatic heterocycles. The van der Waals surface area contributed by atoms with E-state index in [1.807, 2.05) is 65.8 Å². The van der Waals surface area contributed by atoms with Crippen molar-refractivity contribution < 1.29 is 24.1 Å². The molecule has 0 aliphatic heterocycles. The lowest BCUT2D eigenvalue weighted by atomic mass is 9.81. The van der Waals surface area contributed by atoms with Gasteiger partial charge in [-0.05, 0) is 49.8 Å². The molecule has 0 unspecified atom stereocenters. The maximum Gasteiger partial charge on any atom is 0.404 e. The molecule has 0 saturated carbocycles. The second-order valence-corrected chi connectivity index (χ2v) is 10.7. The fourth-order valence-electron chi connectivity index (χ4n) is 4.99. The summed E-state index contributed by atoms with van der Waals surface area (Å²) in [4.78, 5) is 11.5. The van der Waals surface area contributed by atoms with E-state index >= 15 is 0 Å². The zero-order chi connectivity index (χ0) is 28.8. The highest BCUT2D eigenvalue weighted by atomic mass is 19.1. The summed E-state index contributed by atoms with van der Waals surface area (Å²) in [6, 6.07) is 6.61. The molecule has 0 heterocycles. The van der Waals surface area contributed by atoms with Gasteiger partial charge in [0.05, 0.1) is 12.2 Å². The van der Waals surface area contributed by atoms with Gasteiger partial charge in [-0.15, -0.1) is 0 Å². The molecule has 0 fully saturated rings. The largest absolute Gasteiger partial charge is 0.445 e. The molecule has 38 heavy (non-hydrogen) atoms. The molecular weight excluding hydrogens is 481 g/mol. The molecule has 1 rings (SSSR count). The number of carbonyl (C=O) groups is 1. The van der Waals surface area contributed by atoms with Crippen LogP contribution in [0.25, 0.3) is 0 Å². The lowest BCUT2D eigenvalue weighted by Crippen LogP contribution is -2.41. The number of primary amides is 1. The summed E-state index contributed by atoms with van der Waals surface area (Å²) >= 11 is 0. The van der Waals surface area contributed by atoms with Crippen molar-refractivity contribution in [3.63, 3.8) is 0 Å². The van der Waals surface area contributed by atoms with Gasteiger partial charge in [0.25, 0.3) is 0 Å². The first-order valence-corrected chi connectivity index (χ1v) is 13.6. The molecule has 4 N–H and O–H groups in total. The molecule has 0 bridgehead atoms. The van der Waals surface area contributed by atoms with Crippen LogP contribution >= 0.6 is 0 Å². The zero-order valence-electron chi connectivity index (χ0n) is 23.9. The number of aliphatic hydroxyl groups is 2. The Hall–Kier alpha value is -2.70. The minimum Gasteiger partial charge on any atom is -0.445 e. The second kappa shape index (κ2) is 17.0. The van der Waals surface area contributed by atoms with Crippen molar-refractivity contribution in [2.24, 2.45) is 35.3 Å². The third-order valence-electron chi connectivity index (χ3n) is 7.16. The first kappa shape index (κ1) is 33.3. The summed E-state index contributed by atoms with van der Waals surface area (Å²) in [5.74, 6) is -0.921. The molecule has 1 aromatic carbocycles. The summed E-state index contributed by atoms with van der Waals surface area (Å²) in [6.45, 7) is 15.4. The molecule has 1 amide bonds. The van der Waals surface area contributed by atoms with E-state index in [1.165, 1.54) is 6.07 Å². The Bertz CT molecular complexity index is 957. The van der Waals surface area contributed by atoms with Crippen LogP contribution in [0.4, 0.5) is 9.18 Å². The van der Waals surface area contributed by atoms with Crippen molar-refractivity contribution in [1.29, 1.82) is 0 Å². The summed E-state index contributed by atoms with van der Waals surface area (Å²) in [7, 11) is 0. The van der Waals surface area contributed by atoms with Crippen molar-refractivity contribution >= 4 is 6.09 Å². The molecule has 1 aromatic rings. The van der Waals surface area contributed by atoms with Gasteiger partial charge in [-0.2, -0.15) is 0 Å². The van der Waals surface area contributed by atoms with E-state index in [-0.39, 0.29) is 35.4 Å². The molecular formula is C32H48FNO4.